The van der Waals surface area contributed by atoms with E-state index >= 15 is 0 Å². The third-order valence-electron chi connectivity index (χ3n) is 5.59. The Morgan fingerprint density at radius 1 is 0.951 bits per heavy atom. The number of rotatable bonds is 8. The number of nitrogens with one attached hydrogen (secondary N) is 1. The fraction of sp³-hybridized carbons (Fsp3) is 0.348. The molecule has 41 heavy (non-hydrogen) atoms. The van der Waals surface area contributed by atoms with Crippen LogP contribution in [-0.2, 0) is 24.1 Å². The highest BCUT2D eigenvalue weighted by Crippen LogP contribution is 2.34. The van der Waals surface area contributed by atoms with E-state index in [0.717, 1.165) is 12.1 Å². The number of carbonyl (C=O) groups excluding carboxylic acids is 1. The molecule has 1 aromatic heterocycles. The molecule has 0 saturated carbocycles. The van der Waals surface area contributed by atoms with Gasteiger partial charge in [-0.1, -0.05) is 23.7 Å². The molecule has 3 atom stereocenters. The van der Waals surface area contributed by atoms with E-state index in [0.29, 0.717) is 10.6 Å². The Kier molecular flexibility index (Phi) is 9.14. The minimum Gasteiger partial charge on any atom is -0.382 e. The van der Waals surface area contributed by atoms with Crippen LogP contribution in [0.15, 0.2) is 53.3 Å². The molecule has 0 saturated heterocycles. The number of halogens is 10. The standard InChI is InChI=1S/C23H18ClF9N4O4/c24-14-6-4-11(5-7-14)19-35-37(20(41)36(19)9-15(38)22(28,29)30)10-16(39)34-17(18(40)23(31,32)33)12-2-1-3-13(8-12)21(25,26)27/h1-8,15,17-18,38,40H,9-10H2,(H,34,39)/t15-,17+,18?/m0/s1. The maximum atomic E-state index is 13.3. The van der Waals surface area contributed by atoms with Gasteiger partial charge in [0.05, 0.1) is 18.2 Å². The van der Waals surface area contributed by atoms with Gasteiger partial charge in [-0.25, -0.2) is 9.48 Å². The van der Waals surface area contributed by atoms with E-state index in [4.69, 9.17) is 11.6 Å². The molecule has 8 nitrogen and oxygen atoms in total. The number of aromatic nitrogens is 3. The van der Waals surface area contributed by atoms with E-state index in [2.05, 4.69) is 5.10 Å². The van der Waals surface area contributed by atoms with Gasteiger partial charge in [0.1, 0.15) is 6.54 Å². The van der Waals surface area contributed by atoms with Gasteiger partial charge in [0.15, 0.2) is 18.0 Å². The van der Waals surface area contributed by atoms with Crippen LogP contribution in [0.1, 0.15) is 17.2 Å². The number of nitrogens with zero attached hydrogens (tertiary/aromatic N) is 3. The molecule has 0 spiro atoms. The first-order chi connectivity index (χ1) is 18.8. The Hall–Kier alpha value is -3.57. The number of aliphatic hydroxyl groups is 2. The number of alkyl halides is 9. The van der Waals surface area contributed by atoms with Crippen LogP contribution in [0.5, 0.6) is 0 Å². The summed E-state index contributed by atoms with van der Waals surface area (Å²) in [5.41, 5.74) is -3.55. The lowest BCUT2D eigenvalue weighted by Crippen LogP contribution is -2.45. The quantitative estimate of drug-likeness (QED) is 0.329. The third kappa shape index (κ3) is 7.80. The topological polar surface area (TPSA) is 109 Å². The van der Waals surface area contributed by atoms with Gasteiger partial charge in [0.2, 0.25) is 5.91 Å². The number of carbonyl (C=O) groups is 1. The van der Waals surface area contributed by atoms with Crippen LogP contribution in [0.2, 0.25) is 5.02 Å². The average Bonchev–Trinajstić information content (AvgIpc) is 3.15. The molecule has 2 aromatic carbocycles. The Morgan fingerprint density at radius 2 is 1.56 bits per heavy atom. The van der Waals surface area contributed by atoms with Crippen molar-refractivity contribution in [2.45, 2.75) is 49.9 Å². The van der Waals surface area contributed by atoms with Crippen molar-refractivity contribution in [2.24, 2.45) is 0 Å². The van der Waals surface area contributed by atoms with E-state index < -0.39 is 78.4 Å². The van der Waals surface area contributed by atoms with Gasteiger partial charge in [-0.15, -0.1) is 5.10 Å². The van der Waals surface area contributed by atoms with Crippen molar-refractivity contribution in [1.82, 2.24) is 19.7 Å². The number of hydrogen-bond acceptors (Lipinski definition) is 5. The van der Waals surface area contributed by atoms with Crippen molar-refractivity contribution >= 4 is 17.5 Å². The second kappa shape index (κ2) is 11.7. The van der Waals surface area contributed by atoms with Crippen LogP contribution in [-0.4, -0.2) is 55.0 Å². The second-order valence-corrected chi connectivity index (χ2v) is 9.03. The molecule has 0 fully saturated rings. The van der Waals surface area contributed by atoms with Crippen LogP contribution in [0, 0.1) is 0 Å². The van der Waals surface area contributed by atoms with Crippen LogP contribution >= 0.6 is 11.6 Å². The number of hydrogen-bond donors (Lipinski definition) is 3. The monoisotopic (exact) mass is 620 g/mol. The third-order valence-corrected chi connectivity index (χ3v) is 5.84. The predicted octanol–water partition coefficient (Wildman–Crippen LogP) is 4.09. The summed E-state index contributed by atoms with van der Waals surface area (Å²) in [5, 5.41) is 25.0. The van der Waals surface area contributed by atoms with E-state index in [-0.39, 0.29) is 21.3 Å². The van der Waals surface area contributed by atoms with Crippen LogP contribution in [0.25, 0.3) is 11.4 Å². The SMILES string of the molecule is O=C(Cn1nc(-c2ccc(Cl)cc2)n(C[C@H](O)C(F)(F)F)c1=O)N[C@H](c1cccc(C(F)(F)F)c1)C(O)C(F)(F)F. The Bertz CT molecular complexity index is 1430. The second-order valence-electron chi connectivity index (χ2n) is 8.59. The molecule has 1 unspecified atom stereocenters. The highest BCUT2D eigenvalue weighted by Gasteiger charge is 2.45. The zero-order valence-corrected chi connectivity index (χ0v) is 20.9. The summed E-state index contributed by atoms with van der Waals surface area (Å²) in [6.07, 6.45) is -22.0. The lowest BCUT2D eigenvalue weighted by atomic mass is 9.98. The molecule has 224 valence electrons. The summed E-state index contributed by atoms with van der Waals surface area (Å²) in [4.78, 5) is 25.5. The fourth-order valence-electron chi connectivity index (χ4n) is 3.59. The maximum Gasteiger partial charge on any atom is 0.416 e. The molecular weight excluding hydrogens is 603 g/mol. The van der Waals surface area contributed by atoms with Crippen LogP contribution < -0.4 is 11.0 Å². The highest BCUT2D eigenvalue weighted by atomic mass is 35.5. The van der Waals surface area contributed by atoms with Crippen LogP contribution in [0.4, 0.5) is 39.5 Å². The average molecular weight is 621 g/mol. The summed E-state index contributed by atoms with van der Waals surface area (Å²) in [7, 11) is 0. The molecule has 0 aliphatic rings. The van der Waals surface area contributed by atoms with Gasteiger partial charge in [-0.3, -0.25) is 9.36 Å². The van der Waals surface area contributed by atoms with E-state index in [1.165, 1.54) is 24.3 Å². The summed E-state index contributed by atoms with van der Waals surface area (Å²) in [6, 6.07) is 4.93. The first-order valence-corrected chi connectivity index (χ1v) is 11.6. The van der Waals surface area contributed by atoms with E-state index in [1.54, 1.807) is 5.32 Å². The van der Waals surface area contributed by atoms with E-state index in [1.807, 2.05) is 0 Å². The van der Waals surface area contributed by atoms with Gasteiger partial charge in [0, 0.05) is 10.6 Å². The maximum absolute atomic E-state index is 13.3. The highest BCUT2D eigenvalue weighted by molar-refractivity contribution is 6.30. The minimum absolute atomic E-state index is 0.00867. The largest absolute Gasteiger partial charge is 0.416 e. The smallest absolute Gasteiger partial charge is 0.382 e. The van der Waals surface area contributed by atoms with Gasteiger partial charge < -0.3 is 15.5 Å². The van der Waals surface area contributed by atoms with Gasteiger partial charge in [-0.05, 0) is 42.0 Å². The lowest BCUT2D eigenvalue weighted by Gasteiger charge is -2.26. The molecular formula is C23H18ClF9N4O4. The summed E-state index contributed by atoms with van der Waals surface area (Å²) in [6.45, 7) is -2.60. The molecule has 3 aromatic rings. The molecule has 0 bridgehead atoms. The zero-order valence-electron chi connectivity index (χ0n) is 20.1. The molecule has 0 radical (unpaired) electrons. The number of aliphatic hydroxyl groups excluding tert-OH is 2. The number of amides is 1. The summed E-state index contributed by atoms with van der Waals surface area (Å²) < 4.78 is 119. The molecule has 1 heterocycles. The van der Waals surface area contributed by atoms with Crippen molar-refractivity contribution in [3.05, 3.63) is 75.2 Å². The Labute approximate surface area is 228 Å². The van der Waals surface area contributed by atoms with E-state index in [9.17, 15) is 59.3 Å². The van der Waals surface area contributed by atoms with Crippen molar-refractivity contribution in [3.8, 4) is 11.4 Å². The van der Waals surface area contributed by atoms with Crippen molar-refractivity contribution in [1.29, 1.82) is 0 Å². The summed E-state index contributed by atoms with van der Waals surface area (Å²) in [5.74, 6) is -1.95. The Balaban J connectivity index is 1.99. The van der Waals surface area contributed by atoms with Crippen molar-refractivity contribution in [2.75, 3.05) is 0 Å². The van der Waals surface area contributed by atoms with Crippen LogP contribution in [0.3, 0.4) is 0 Å². The Morgan fingerprint density at radius 3 is 2.10 bits per heavy atom. The molecule has 0 aliphatic heterocycles. The van der Waals surface area contributed by atoms with Crippen molar-refractivity contribution in [3.63, 3.8) is 0 Å². The predicted molar refractivity (Wildman–Crippen MR) is 123 cm³/mol. The number of benzene rings is 2. The van der Waals surface area contributed by atoms with Gasteiger partial charge >= 0.3 is 24.2 Å². The first kappa shape index (κ1) is 32.0. The molecule has 3 rings (SSSR count). The van der Waals surface area contributed by atoms with Gasteiger partial charge in [-0.2, -0.15) is 39.5 Å². The van der Waals surface area contributed by atoms with Crippen molar-refractivity contribution < 1.29 is 54.5 Å². The molecule has 18 heteroatoms. The fourth-order valence-corrected chi connectivity index (χ4v) is 3.72. The normalized spacial score (nSPS) is 14.9. The molecule has 0 aliphatic carbocycles. The summed E-state index contributed by atoms with van der Waals surface area (Å²) >= 11 is 5.78. The zero-order chi connectivity index (χ0) is 30.9. The lowest BCUT2D eigenvalue weighted by molar-refractivity contribution is -0.213. The molecule has 3 N–H and O–H groups in total. The molecule has 1 amide bonds. The minimum atomic E-state index is -5.42. The first-order valence-electron chi connectivity index (χ1n) is 11.2. The van der Waals surface area contributed by atoms with Gasteiger partial charge in [0.25, 0.3) is 0 Å².